The summed E-state index contributed by atoms with van der Waals surface area (Å²) in [4.78, 5) is 15.2. The molecule has 1 atom stereocenters. The number of carbonyl (C=O) groups excluding carboxylic acids is 1. The van der Waals surface area contributed by atoms with E-state index in [-0.39, 0.29) is 23.5 Å². The van der Waals surface area contributed by atoms with Gasteiger partial charge in [-0.1, -0.05) is 66.7 Å². The first kappa shape index (κ1) is 27.2. The third-order valence-electron chi connectivity index (χ3n) is 7.26. The number of benzene rings is 4. The molecule has 0 saturated heterocycles. The molecular weight excluding hydrogens is 528 g/mol. The molecule has 8 heteroatoms. The quantitative estimate of drug-likeness (QED) is 0.135. The van der Waals surface area contributed by atoms with Gasteiger partial charge in [-0.25, -0.2) is 4.39 Å². The first-order valence-corrected chi connectivity index (χ1v) is 12.5. The standard InChI is InChI=1S/C32H23F6NO/c1-31(18-26(33)30(34)35)25-16-24(32(36,37)38)13-14-27(25)39(19-20-7-3-2-4-8-20)29(31)17-28(40)23-12-11-21-9-5-6-10-22(21)15-23/h2-17H,18-19H2,1H3/b29-17-. The Bertz CT molecular complexity index is 1650. The predicted octanol–water partition coefficient (Wildman–Crippen LogP) is 9.37. The monoisotopic (exact) mass is 551 g/mol. The van der Waals surface area contributed by atoms with E-state index in [1.165, 1.54) is 19.1 Å². The van der Waals surface area contributed by atoms with Crippen molar-refractivity contribution in [1.29, 1.82) is 0 Å². The van der Waals surface area contributed by atoms with Crippen LogP contribution in [0.1, 0.15) is 40.4 Å². The first-order valence-electron chi connectivity index (χ1n) is 12.5. The van der Waals surface area contributed by atoms with Crippen LogP contribution in [0.25, 0.3) is 10.8 Å². The number of nitrogens with zero attached hydrogens (tertiary/aromatic N) is 1. The Balaban J connectivity index is 1.71. The topological polar surface area (TPSA) is 20.3 Å². The maximum Gasteiger partial charge on any atom is 0.416 e. The van der Waals surface area contributed by atoms with Crippen molar-refractivity contribution in [3.05, 3.63) is 137 Å². The highest BCUT2D eigenvalue weighted by molar-refractivity contribution is 6.08. The molecule has 1 aliphatic heterocycles. The van der Waals surface area contributed by atoms with Crippen LogP contribution in [0.15, 0.2) is 115 Å². The average Bonchev–Trinajstić information content (AvgIpc) is 3.14. The van der Waals surface area contributed by atoms with Gasteiger partial charge in [0.2, 0.25) is 0 Å². The largest absolute Gasteiger partial charge is 0.416 e. The summed E-state index contributed by atoms with van der Waals surface area (Å²) in [6.07, 6.45) is -6.97. The zero-order chi connectivity index (χ0) is 28.7. The number of ketones is 1. The van der Waals surface area contributed by atoms with Gasteiger partial charge in [0.15, 0.2) is 11.6 Å². The lowest BCUT2D eigenvalue weighted by atomic mass is 9.77. The highest BCUT2D eigenvalue weighted by Crippen LogP contribution is 2.53. The van der Waals surface area contributed by atoms with E-state index in [2.05, 4.69) is 0 Å². The number of anilines is 1. The molecule has 0 radical (unpaired) electrons. The van der Waals surface area contributed by atoms with Crippen LogP contribution in [0.5, 0.6) is 0 Å². The van der Waals surface area contributed by atoms with Gasteiger partial charge in [0.05, 0.1) is 5.56 Å². The maximum absolute atomic E-state index is 14.6. The Labute approximate surface area is 226 Å². The van der Waals surface area contributed by atoms with Crippen molar-refractivity contribution in [1.82, 2.24) is 0 Å². The number of allylic oxidation sites excluding steroid dienone is 3. The van der Waals surface area contributed by atoms with E-state index in [0.717, 1.165) is 28.5 Å². The molecule has 4 aromatic carbocycles. The van der Waals surface area contributed by atoms with Gasteiger partial charge in [-0.2, -0.15) is 22.0 Å². The summed E-state index contributed by atoms with van der Waals surface area (Å²) in [5, 5.41) is 1.70. The van der Waals surface area contributed by atoms with Crippen molar-refractivity contribution in [2.75, 3.05) is 4.90 Å². The third kappa shape index (κ3) is 5.13. The minimum absolute atomic E-state index is 0.00668. The van der Waals surface area contributed by atoms with Crippen molar-refractivity contribution in [3.8, 4) is 0 Å². The second kappa shape index (κ2) is 10.3. The number of alkyl halides is 3. The van der Waals surface area contributed by atoms with Crippen molar-refractivity contribution < 1.29 is 31.1 Å². The summed E-state index contributed by atoms with van der Waals surface area (Å²) >= 11 is 0. The van der Waals surface area contributed by atoms with Crippen LogP contribution in [0, 0.1) is 0 Å². The molecular formula is C32H23F6NO. The fourth-order valence-corrected chi connectivity index (χ4v) is 5.24. The number of halogens is 6. The van der Waals surface area contributed by atoms with Gasteiger partial charge in [0.25, 0.3) is 0 Å². The molecule has 0 N–H and O–H groups in total. The van der Waals surface area contributed by atoms with Crippen LogP contribution in [0.2, 0.25) is 0 Å². The molecule has 1 aliphatic rings. The van der Waals surface area contributed by atoms with E-state index >= 15 is 0 Å². The average molecular weight is 552 g/mol. The van der Waals surface area contributed by atoms with Gasteiger partial charge in [-0.3, -0.25) is 4.79 Å². The molecule has 0 spiro atoms. The lowest BCUT2D eigenvalue weighted by Crippen LogP contribution is -2.29. The number of hydrogen-bond acceptors (Lipinski definition) is 2. The Morgan fingerprint density at radius 2 is 1.52 bits per heavy atom. The number of carbonyl (C=O) groups is 1. The summed E-state index contributed by atoms with van der Waals surface area (Å²) in [5.41, 5.74) is -1.23. The molecule has 0 fully saturated rings. The van der Waals surface area contributed by atoms with Gasteiger partial charge in [0.1, 0.15) is 0 Å². The lowest BCUT2D eigenvalue weighted by Gasteiger charge is -2.30. The number of rotatable bonds is 6. The van der Waals surface area contributed by atoms with Crippen molar-refractivity contribution in [3.63, 3.8) is 0 Å². The van der Waals surface area contributed by atoms with E-state index in [1.54, 1.807) is 53.4 Å². The summed E-state index contributed by atoms with van der Waals surface area (Å²) in [7, 11) is 0. The van der Waals surface area contributed by atoms with E-state index in [1.807, 2.05) is 24.3 Å². The van der Waals surface area contributed by atoms with Gasteiger partial charge >= 0.3 is 12.3 Å². The highest BCUT2D eigenvalue weighted by Gasteiger charge is 2.47. The zero-order valence-electron chi connectivity index (χ0n) is 21.3. The molecule has 0 saturated carbocycles. The number of fused-ring (bicyclic) bond motifs is 2. The Morgan fingerprint density at radius 1 is 0.850 bits per heavy atom. The summed E-state index contributed by atoms with van der Waals surface area (Å²) < 4.78 is 82.5. The molecule has 2 nitrogen and oxygen atoms in total. The van der Waals surface area contributed by atoms with E-state index in [9.17, 15) is 31.1 Å². The zero-order valence-corrected chi connectivity index (χ0v) is 21.3. The Morgan fingerprint density at radius 3 is 2.20 bits per heavy atom. The summed E-state index contributed by atoms with van der Waals surface area (Å²) in [6.45, 7) is 1.51. The van der Waals surface area contributed by atoms with Crippen LogP contribution in [0.3, 0.4) is 0 Å². The van der Waals surface area contributed by atoms with E-state index in [4.69, 9.17) is 0 Å². The molecule has 1 unspecified atom stereocenters. The summed E-state index contributed by atoms with van der Waals surface area (Å²) in [5.74, 6) is -2.24. The first-order chi connectivity index (χ1) is 19.0. The van der Waals surface area contributed by atoms with Crippen LogP contribution >= 0.6 is 0 Å². The molecule has 1 heterocycles. The minimum Gasteiger partial charge on any atom is -0.339 e. The van der Waals surface area contributed by atoms with Crippen LogP contribution in [-0.4, -0.2) is 5.78 Å². The lowest BCUT2D eigenvalue weighted by molar-refractivity contribution is -0.137. The van der Waals surface area contributed by atoms with Crippen molar-refractivity contribution in [2.45, 2.75) is 31.5 Å². The van der Waals surface area contributed by atoms with Crippen LogP contribution in [0.4, 0.5) is 32.0 Å². The smallest absolute Gasteiger partial charge is 0.339 e. The fourth-order valence-electron chi connectivity index (χ4n) is 5.24. The van der Waals surface area contributed by atoms with Gasteiger partial charge in [0, 0.05) is 41.4 Å². The SMILES string of the molecule is CC1(CC(F)=C(F)F)/C(=C/C(=O)c2ccc3ccccc3c2)N(Cc2ccccc2)c2ccc(C(F)(F)F)cc21. The molecule has 4 aromatic rings. The maximum atomic E-state index is 14.6. The van der Waals surface area contributed by atoms with Crippen molar-refractivity contribution >= 4 is 22.2 Å². The molecule has 204 valence electrons. The minimum atomic E-state index is -4.71. The molecule has 0 bridgehead atoms. The highest BCUT2D eigenvalue weighted by atomic mass is 19.4. The van der Waals surface area contributed by atoms with Crippen LogP contribution in [-0.2, 0) is 18.1 Å². The molecule has 5 rings (SSSR count). The predicted molar refractivity (Wildman–Crippen MR) is 143 cm³/mol. The van der Waals surface area contributed by atoms with Gasteiger partial charge in [-0.15, -0.1) is 0 Å². The fraction of sp³-hybridized carbons (Fsp3) is 0.156. The molecule has 40 heavy (non-hydrogen) atoms. The normalized spacial score (nSPS) is 17.8. The second-order valence-electron chi connectivity index (χ2n) is 9.93. The second-order valence-corrected chi connectivity index (χ2v) is 9.93. The summed E-state index contributed by atoms with van der Waals surface area (Å²) in [6, 6.07) is 24.4. The van der Waals surface area contributed by atoms with E-state index < -0.39 is 41.3 Å². The van der Waals surface area contributed by atoms with Gasteiger partial charge < -0.3 is 4.90 Å². The van der Waals surface area contributed by atoms with E-state index in [0.29, 0.717) is 5.56 Å². The van der Waals surface area contributed by atoms with Crippen molar-refractivity contribution in [2.24, 2.45) is 0 Å². The Hall–Kier alpha value is -4.33. The molecule has 0 aliphatic carbocycles. The number of hydrogen-bond donors (Lipinski definition) is 0. The van der Waals surface area contributed by atoms with Crippen LogP contribution < -0.4 is 4.90 Å². The molecule has 0 aromatic heterocycles. The van der Waals surface area contributed by atoms with Gasteiger partial charge in [-0.05, 0) is 53.1 Å². The Kier molecular flexibility index (Phi) is 7.04. The molecule has 0 amide bonds. The third-order valence-corrected chi connectivity index (χ3v) is 7.26.